The van der Waals surface area contributed by atoms with E-state index in [9.17, 15) is 0 Å². The Bertz CT molecular complexity index is 1110. The van der Waals surface area contributed by atoms with Crippen LogP contribution in [0.1, 0.15) is 18.9 Å². The highest BCUT2D eigenvalue weighted by Crippen LogP contribution is 2.29. The van der Waals surface area contributed by atoms with Gasteiger partial charge in [-0.3, -0.25) is 9.97 Å². The van der Waals surface area contributed by atoms with Gasteiger partial charge in [-0.25, -0.2) is 0 Å². The maximum absolute atomic E-state index is 5.77. The maximum atomic E-state index is 5.77. The summed E-state index contributed by atoms with van der Waals surface area (Å²) in [7, 11) is 0. The summed E-state index contributed by atoms with van der Waals surface area (Å²) in [6.07, 6.45) is 4.64. The molecule has 0 aliphatic rings. The van der Waals surface area contributed by atoms with E-state index in [2.05, 4.69) is 63.5 Å². The van der Waals surface area contributed by atoms with E-state index in [0.717, 1.165) is 47.0 Å². The van der Waals surface area contributed by atoms with E-state index in [1.165, 1.54) is 5.56 Å². The fraction of sp³-hybridized carbons (Fsp3) is 0.174. The van der Waals surface area contributed by atoms with Crippen molar-refractivity contribution in [2.45, 2.75) is 19.9 Å². The monoisotopic (exact) mass is 386 g/mol. The van der Waals surface area contributed by atoms with Gasteiger partial charge < -0.3 is 10.2 Å². The second kappa shape index (κ2) is 8.31. The number of anilines is 1. The molecule has 4 aromatic rings. The minimum atomic E-state index is 0.702. The number of nitrogens with zero attached hydrogens (tertiary/aromatic N) is 3. The van der Waals surface area contributed by atoms with Crippen LogP contribution in [0.25, 0.3) is 21.8 Å². The quantitative estimate of drug-likeness (QED) is 0.368. The van der Waals surface area contributed by atoms with Gasteiger partial charge in [-0.1, -0.05) is 49.4 Å². The minimum Gasteiger partial charge on any atom is -0.345 e. The molecule has 0 radical (unpaired) electrons. The molecule has 28 heavy (non-hydrogen) atoms. The van der Waals surface area contributed by atoms with Gasteiger partial charge in [-0.2, -0.15) is 0 Å². The van der Waals surface area contributed by atoms with Crippen LogP contribution in [0.4, 0.5) is 5.69 Å². The molecule has 0 saturated heterocycles. The van der Waals surface area contributed by atoms with Crippen molar-refractivity contribution < 1.29 is 0 Å². The summed E-state index contributed by atoms with van der Waals surface area (Å²) in [5.74, 6) is 0. The lowest BCUT2D eigenvalue weighted by atomic mass is 10.1. The number of thiocarbonyl (C=S) groups is 1. The average Bonchev–Trinajstić information content (AvgIpc) is 2.74. The number of aromatic nitrogens is 2. The highest BCUT2D eigenvalue weighted by Gasteiger charge is 2.13. The topological polar surface area (TPSA) is 41.0 Å². The number of benzene rings is 2. The number of rotatable bonds is 5. The third-order valence-corrected chi connectivity index (χ3v) is 5.07. The van der Waals surface area contributed by atoms with Crippen molar-refractivity contribution in [1.82, 2.24) is 14.9 Å². The Hall–Kier alpha value is -3.05. The molecule has 0 atom stereocenters. The molecule has 0 aliphatic carbocycles. The molecule has 0 unspecified atom stereocenters. The van der Waals surface area contributed by atoms with Crippen LogP contribution in [-0.2, 0) is 6.54 Å². The standard InChI is InChI=1S/C23H22N4S/c1-2-14-27(16-17-8-4-3-5-9-17)23(28)26-21-15-20-18(10-6-12-24-20)19-11-7-13-25-22(19)21/h3-13,15H,2,14,16H2,1H3,(H,26,28). The Kier molecular flexibility index (Phi) is 5.44. The molecule has 2 aromatic heterocycles. The Balaban J connectivity index is 1.68. The van der Waals surface area contributed by atoms with E-state index in [4.69, 9.17) is 12.2 Å². The fourth-order valence-electron chi connectivity index (χ4n) is 3.42. The van der Waals surface area contributed by atoms with Gasteiger partial charge in [0.1, 0.15) is 0 Å². The normalized spacial score (nSPS) is 10.9. The predicted molar refractivity (Wildman–Crippen MR) is 120 cm³/mol. The van der Waals surface area contributed by atoms with Crippen LogP contribution in [0, 0.1) is 0 Å². The third kappa shape index (κ3) is 3.80. The van der Waals surface area contributed by atoms with E-state index < -0.39 is 0 Å². The van der Waals surface area contributed by atoms with Crippen molar-refractivity contribution in [1.29, 1.82) is 0 Å². The summed E-state index contributed by atoms with van der Waals surface area (Å²) in [6, 6.07) is 20.5. The fourth-order valence-corrected chi connectivity index (χ4v) is 3.68. The molecule has 4 rings (SSSR count). The minimum absolute atomic E-state index is 0.702. The third-order valence-electron chi connectivity index (χ3n) is 4.71. The van der Waals surface area contributed by atoms with Crippen LogP contribution >= 0.6 is 12.2 Å². The maximum Gasteiger partial charge on any atom is 0.173 e. The van der Waals surface area contributed by atoms with Gasteiger partial charge in [-0.05, 0) is 42.4 Å². The molecule has 0 aliphatic heterocycles. The van der Waals surface area contributed by atoms with Gasteiger partial charge in [0.05, 0.1) is 16.7 Å². The van der Waals surface area contributed by atoms with E-state index in [1.807, 2.05) is 36.7 Å². The highest BCUT2D eigenvalue weighted by molar-refractivity contribution is 7.80. The molecule has 2 heterocycles. The van der Waals surface area contributed by atoms with Crippen molar-refractivity contribution in [3.05, 3.63) is 78.6 Å². The van der Waals surface area contributed by atoms with Crippen LogP contribution in [0.2, 0.25) is 0 Å². The second-order valence-electron chi connectivity index (χ2n) is 6.73. The Morgan fingerprint density at radius 3 is 2.50 bits per heavy atom. The van der Waals surface area contributed by atoms with Crippen molar-refractivity contribution in [2.24, 2.45) is 0 Å². The summed E-state index contributed by atoms with van der Waals surface area (Å²) in [5, 5.41) is 6.31. The lowest BCUT2D eigenvalue weighted by Crippen LogP contribution is -2.35. The van der Waals surface area contributed by atoms with Crippen LogP contribution in [-0.4, -0.2) is 26.5 Å². The number of hydrogen-bond donors (Lipinski definition) is 1. The summed E-state index contributed by atoms with van der Waals surface area (Å²) in [4.78, 5) is 11.3. The first-order valence-electron chi connectivity index (χ1n) is 9.48. The number of pyridine rings is 2. The zero-order valence-corrected chi connectivity index (χ0v) is 16.6. The Morgan fingerprint density at radius 1 is 0.964 bits per heavy atom. The van der Waals surface area contributed by atoms with Gasteiger partial charge in [0.2, 0.25) is 0 Å². The summed E-state index contributed by atoms with van der Waals surface area (Å²) in [5.41, 5.74) is 3.96. The molecular formula is C23H22N4S. The summed E-state index contributed by atoms with van der Waals surface area (Å²) >= 11 is 5.77. The first kappa shape index (κ1) is 18.3. The van der Waals surface area contributed by atoms with Gasteiger partial charge in [-0.15, -0.1) is 0 Å². The van der Waals surface area contributed by atoms with E-state index >= 15 is 0 Å². The summed E-state index contributed by atoms with van der Waals surface area (Å²) in [6.45, 7) is 3.83. The Morgan fingerprint density at radius 2 is 1.71 bits per heavy atom. The number of hydrogen-bond acceptors (Lipinski definition) is 3. The SMILES string of the molecule is CCCN(Cc1ccccc1)C(=S)Nc1cc2ncccc2c2cccnc12. The van der Waals surface area contributed by atoms with E-state index in [1.54, 1.807) is 0 Å². The smallest absolute Gasteiger partial charge is 0.173 e. The molecule has 2 aromatic carbocycles. The number of nitrogens with one attached hydrogen (secondary N) is 1. The van der Waals surface area contributed by atoms with Crippen molar-refractivity contribution >= 4 is 44.8 Å². The van der Waals surface area contributed by atoms with Gasteiger partial charge in [0.25, 0.3) is 0 Å². The molecule has 0 bridgehead atoms. The molecule has 0 spiro atoms. The molecule has 5 heteroatoms. The van der Waals surface area contributed by atoms with Crippen LogP contribution in [0.5, 0.6) is 0 Å². The van der Waals surface area contributed by atoms with Gasteiger partial charge >= 0.3 is 0 Å². The molecule has 0 amide bonds. The molecule has 0 saturated carbocycles. The van der Waals surface area contributed by atoms with Gasteiger partial charge in [0.15, 0.2) is 5.11 Å². The second-order valence-corrected chi connectivity index (χ2v) is 7.12. The molecular weight excluding hydrogens is 364 g/mol. The molecule has 1 N–H and O–H groups in total. The van der Waals surface area contributed by atoms with Crippen molar-refractivity contribution in [3.63, 3.8) is 0 Å². The predicted octanol–water partition coefficient (Wildman–Crippen LogP) is 5.39. The van der Waals surface area contributed by atoms with Crippen LogP contribution < -0.4 is 5.32 Å². The van der Waals surface area contributed by atoms with Gasteiger partial charge in [0, 0.05) is 36.3 Å². The van der Waals surface area contributed by atoms with E-state index in [-0.39, 0.29) is 0 Å². The Labute approximate surface area is 170 Å². The zero-order chi connectivity index (χ0) is 19.3. The average molecular weight is 387 g/mol. The lowest BCUT2D eigenvalue weighted by molar-refractivity contribution is 0.418. The first-order valence-corrected chi connectivity index (χ1v) is 9.89. The molecule has 4 nitrogen and oxygen atoms in total. The molecule has 0 fully saturated rings. The number of fused-ring (bicyclic) bond motifs is 3. The van der Waals surface area contributed by atoms with Crippen molar-refractivity contribution in [2.75, 3.05) is 11.9 Å². The van der Waals surface area contributed by atoms with Crippen LogP contribution in [0.3, 0.4) is 0 Å². The molecule has 140 valence electrons. The van der Waals surface area contributed by atoms with Crippen LogP contribution in [0.15, 0.2) is 73.1 Å². The largest absolute Gasteiger partial charge is 0.345 e. The van der Waals surface area contributed by atoms with Crippen molar-refractivity contribution in [3.8, 4) is 0 Å². The first-order chi connectivity index (χ1) is 13.8. The van der Waals surface area contributed by atoms with E-state index in [0.29, 0.717) is 5.11 Å². The summed E-state index contributed by atoms with van der Waals surface area (Å²) < 4.78 is 0. The highest BCUT2D eigenvalue weighted by atomic mass is 32.1. The zero-order valence-electron chi connectivity index (χ0n) is 15.8. The lowest BCUT2D eigenvalue weighted by Gasteiger charge is -2.26.